The van der Waals surface area contributed by atoms with Crippen LogP contribution < -0.4 is 4.74 Å². The Morgan fingerprint density at radius 1 is 1.50 bits per heavy atom. The van der Waals surface area contributed by atoms with Gasteiger partial charge in [-0.25, -0.2) is 8.42 Å². The van der Waals surface area contributed by atoms with Crippen LogP contribution in [0.3, 0.4) is 0 Å². The lowest BCUT2D eigenvalue weighted by atomic mass is 10.0. The van der Waals surface area contributed by atoms with Crippen molar-refractivity contribution in [1.29, 1.82) is 0 Å². The predicted molar refractivity (Wildman–Crippen MR) is 84.4 cm³/mol. The van der Waals surface area contributed by atoms with Crippen LogP contribution in [0.2, 0.25) is 0 Å². The van der Waals surface area contributed by atoms with Gasteiger partial charge in [0.05, 0.1) is 13.7 Å². The van der Waals surface area contributed by atoms with E-state index in [-0.39, 0.29) is 29.6 Å². The molecule has 1 saturated carbocycles. The zero-order valence-electron chi connectivity index (χ0n) is 13.0. The molecule has 2 aromatic heterocycles. The third-order valence-electron chi connectivity index (χ3n) is 4.38. The highest BCUT2D eigenvalue weighted by atomic mass is 32.2. The average molecular weight is 371 g/mol. The maximum atomic E-state index is 12.8. The van der Waals surface area contributed by atoms with E-state index >= 15 is 0 Å². The van der Waals surface area contributed by atoms with Gasteiger partial charge in [-0.3, -0.25) is 0 Å². The Bertz CT molecular complexity index is 857. The van der Waals surface area contributed by atoms with Crippen molar-refractivity contribution in [2.75, 3.05) is 20.2 Å². The summed E-state index contributed by atoms with van der Waals surface area (Å²) in [5.41, 5.74) is -1.45. The van der Waals surface area contributed by atoms with Gasteiger partial charge >= 0.3 is 0 Å². The molecule has 1 N–H and O–H groups in total. The summed E-state index contributed by atoms with van der Waals surface area (Å²) in [4.78, 5) is 4.27. The number of aromatic nitrogens is 2. The molecule has 8 nitrogen and oxygen atoms in total. The number of aliphatic hydroxyl groups is 1. The Hall–Kier alpha value is -1.49. The van der Waals surface area contributed by atoms with E-state index in [0.717, 1.165) is 24.2 Å². The van der Waals surface area contributed by atoms with E-state index in [0.29, 0.717) is 17.5 Å². The van der Waals surface area contributed by atoms with Gasteiger partial charge in [-0.2, -0.15) is 9.29 Å². The van der Waals surface area contributed by atoms with Crippen LogP contribution in [-0.4, -0.2) is 48.2 Å². The number of nitrogens with zero attached hydrogens (tertiary/aromatic N) is 3. The Balaban J connectivity index is 1.58. The molecule has 130 valence electrons. The molecule has 0 spiro atoms. The smallest absolute Gasteiger partial charge is 0.260 e. The first-order valence-electron chi connectivity index (χ1n) is 7.62. The number of methoxy groups -OCH3 is 1. The zero-order valence-corrected chi connectivity index (χ0v) is 14.6. The molecule has 0 bridgehead atoms. The maximum absolute atomic E-state index is 12.8. The quantitative estimate of drug-likeness (QED) is 0.844. The Labute approximate surface area is 143 Å². The summed E-state index contributed by atoms with van der Waals surface area (Å²) in [7, 11) is -2.31. The zero-order chi connectivity index (χ0) is 16.9. The van der Waals surface area contributed by atoms with Crippen LogP contribution in [0.4, 0.5) is 0 Å². The fourth-order valence-electron chi connectivity index (χ4n) is 2.81. The van der Waals surface area contributed by atoms with E-state index in [4.69, 9.17) is 9.26 Å². The molecule has 0 radical (unpaired) electrons. The van der Waals surface area contributed by atoms with Crippen molar-refractivity contribution in [2.24, 2.45) is 0 Å². The summed E-state index contributed by atoms with van der Waals surface area (Å²) < 4.78 is 37.3. The van der Waals surface area contributed by atoms with E-state index in [1.165, 1.54) is 11.4 Å². The molecule has 1 aliphatic heterocycles. The lowest BCUT2D eigenvalue weighted by Crippen LogP contribution is -2.34. The van der Waals surface area contributed by atoms with Crippen molar-refractivity contribution < 1.29 is 22.8 Å². The summed E-state index contributed by atoms with van der Waals surface area (Å²) >= 11 is 1.09. The number of rotatable bonds is 5. The third-order valence-corrected chi connectivity index (χ3v) is 7.65. The number of thiophene rings is 1. The highest BCUT2D eigenvalue weighted by Crippen LogP contribution is 2.41. The highest BCUT2D eigenvalue weighted by molar-refractivity contribution is 7.91. The Morgan fingerprint density at radius 3 is 3.00 bits per heavy atom. The molecule has 2 aromatic rings. The maximum Gasteiger partial charge on any atom is 0.260 e. The van der Waals surface area contributed by atoms with Crippen LogP contribution >= 0.6 is 11.3 Å². The van der Waals surface area contributed by atoms with Gasteiger partial charge < -0.3 is 14.4 Å². The van der Waals surface area contributed by atoms with E-state index in [1.54, 1.807) is 11.4 Å². The molecule has 4 rings (SSSR count). The molecule has 2 fully saturated rings. The summed E-state index contributed by atoms with van der Waals surface area (Å²) in [5.74, 6) is 1.31. The molecule has 1 saturated heterocycles. The molecule has 0 unspecified atom stereocenters. The minimum atomic E-state index is -3.74. The van der Waals surface area contributed by atoms with Gasteiger partial charge in [-0.15, -0.1) is 11.3 Å². The largest absolute Gasteiger partial charge is 0.494 e. The van der Waals surface area contributed by atoms with Crippen molar-refractivity contribution in [3.63, 3.8) is 0 Å². The summed E-state index contributed by atoms with van der Waals surface area (Å²) in [6.07, 6.45) is 2.26. The van der Waals surface area contributed by atoms with Crippen molar-refractivity contribution in [1.82, 2.24) is 14.4 Å². The molecule has 2 aliphatic rings. The van der Waals surface area contributed by atoms with Crippen molar-refractivity contribution >= 4 is 21.4 Å². The molecule has 0 amide bonds. The number of ether oxygens (including phenoxy) is 1. The lowest BCUT2D eigenvalue weighted by Gasteiger charge is -2.19. The summed E-state index contributed by atoms with van der Waals surface area (Å²) in [6.45, 7) is 0.0731. The fraction of sp³-hybridized carbons (Fsp3) is 0.571. The van der Waals surface area contributed by atoms with E-state index in [2.05, 4.69) is 10.1 Å². The second-order valence-electron chi connectivity index (χ2n) is 6.13. The molecule has 0 aromatic carbocycles. The highest BCUT2D eigenvalue weighted by Gasteiger charge is 2.48. The molecule has 10 heteroatoms. The van der Waals surface area contributed by atoms with E-state index in [9.17, 15) is 13.5 Å². The van der Waals surface area contributed by atoms with Gasteiger partial charge in [0.2, 0.25) is 0 Å². The SMILES string of the molecule is COc1ccsc1S(=O)(=O)N1CC[C@@](O)(c2nc(C3CC3)no2)C1. The normalized spacial score (nSPS) is 25.2. The van der Waals surface area contributed by atoms with Gasteiger partial charge in [0, 0.05) is 18.9 Å². The second-order valence-corrected chi connectivity index (χ2v) is 9.18. The molecule has 3 heterocycles. The minimum absolute atomic E-state index is 0.0974. The minimum Gasteiger partial charge on any atom is -0.494 e. The standard InChI is InChI=1S/C14H17N3O5S2/c1-21-10-4-7-23-12(10)24(19,20)17-6-5-14(18,8-17)13-15-11(16-22-13)9-2-3-9/h4,7,9,18H,2-3,5-6,8H2,1H3/t14-/m0/s1. The van der Waals surface area contributed by atoms with Gasteiger partial charge in [0.1, 0.15) is 5.75 Å². The Kier molecular flexibility index (Phi) is 3.68. The number of hydrogen-bond donors (Lipinski definition) is 1. The topological polar surface area (TPSA) is 106 Å². The first-order valence-corrected chi connectivity index (χ1v) is 9.94. The van der Waals surface area contributed by atoms with Crippen LogP contribution in [0.5, 0.6) is 5.75 Å². The van der Waals surface area contributed by atoms with Gasteiger partial charge in [0.15, 0.2) is 15.6 Å². The van der Waals surface area contributed by atoms with Crippen LogP contribution in [0.1, 0.15) is 36.9 Å². The second kappa shape index (κ2) is 5.51. The van der Waals surface area contributed by atoms with Gasteiger partial charge in [-0.05, 0) is 24.3 Å². The van der Waals surface area contributed by atoms with Crippen LogP contribution in [-0.2, 0) is 15.6 Å². The van der Waals surface area contributed by atoms with Crippen molar-refractivity contribution in [3.05, 3.63) is 23.2 Å². The van der Waals surface area contributed by atoms with E-state index in [1.807, 2.05) is 0 Å². The predicted octanol–water partition coefficient (Wildman–Crippen LogP) is 1.30. The van der Waals surface area contributed by atoms with Gasteiger partial charge in [-0.1, -0.05) is 5.16 Å². The first-order chi connectivity index (χ1) is 11.4. The molecular weight excluding hydrogens is 354 g/mol. The van der Waals surface area contributed by atoms with Crippen molar-refractivity contribution in [3.8, 4) is 5.75 Å². The van der Waals surface area contributed by atoms with Gasteiger partial charge in [0.25, 0.3) is 15.9 Å². The lowest BCUT2D eigenvalue weighted by molar-refractivity contribution is 0.0194. The van der Waals surface area contributed by atoms with Crippen LogP contribution in [0, 0.1) is 0 Å². The van der Waals surface area contributed by atoms with Crippen LogP contribution in [0.25, 0.3) is 0 Å². The molecule has 24 heavy (non-hydrogen) atoms. The number of hydrogen-bond acceptors (Lipinski definition) is 8. The monoisotopic (exact) mass is 371 g/mol. The van der Waals surface area contributed by atoms with Crippen molar-refractivity contribution in [2.45, 2.75) is 35.0 Å². The molecule has 1 aliphatic carbocycles. The van der Waals surface area contributed by atoms with Crippen LogP contribution in [0.15, 0.2) is 20.2 Å². The number of sulfonamides is 1. The fourth-order valence-corrected chi connectivity index (χ4v) is 5.72. The van der Waals surface area contributed by atoms with E-state index < -0.39 is 15.6 Å². The molecular formula is C14H17N3O5S2. The first kappa shape index (κ1) is 16.0. The third kappa shape index (κ3) is 2.53. The average Bonchev–Trinajstić information content (AvgIpc) is 2.99. The molecule has 1 atom stereocenters. The summed E-state index contributed by atoms with van der Waals surface area (Å²) in [5, 5.41) is 16.4. The summed E-state index contributed by atoms with van der Waals surface area (Å²) in [6, 6.07) is 1.61. The number of β-amino-alcohol motifs (C(OH)–C–C–N with tert-alkyl or cyclic N) is 1. The Morgan fingerprint density at radius 2 is 2.29 bits per heavy atom.